The summed E-state index contributed by atoms with van der Waals surface area (Å²) in [7, 11) is 1.38. The molecule has 0 saturated heterocycles. The molecule has 4 heteroatoms. The monoisotopic (exact) mass is 303 g/mol. The van der Waals surface area contributed by atoms with E-state index in [1.807, 2.05) is 42.5 Å². The van der Waals surface area contributed by atoms with Crippen LogP contribution in [0.25, 0.3) is 0 Å². The second kappa shape index (κ2) is 7.25. The van der Waals surface area contributed by atoms with Gasteiger partial charge < -0.3 is 10.1 Å². The number of hydrogen-bond donors (Lipinski definition) is 1. The normalized spacial score (nSPS) is 12.0. The number of esters is 1. The molecule has 2 aromatic carbocycles. The standard InChI is InChI=1S/C17H18ClNO2/c1-12(14-6-8-16(18)9-7-14)19-11-13-4-3-5-15(10-13)17(20)21-2/h3-10,12,19H,11H2,1-2H3/t12-/m1/s1. The van der Waals surface area contributed by atoms with E-state index in [0.29, 0.717) is 12.1 Å². The summed E-state index contributed by atoms with van der Waals surface area (Å²) in [6.07, 6.45) is 0. The molecular formula is C17H18ClNO2. The van der Waals surface area contributed by atoms with Crippen molar-refractivity contribution in [2.75, 3.05) is 7.11 Å². The summed E-state index contributed by atoms with van der Waals surface area (Å²) >= 11 is 5.89. The van der Waals surface area contributed by atoms with Gasteiger partial charge in [0.1, 0.15) is 0 Å². The highest BCUT2D eigenvalue weighted by molar-refractivity contribution is 6.30. The summed E-state index contributed by atoms with van der Waals surface area (Å²) in [6.45, 7) is 2.77. The lowest BCUT2D eigenvalue weighted by atomic mass is 10.1. The van der Waals surface area contributed by atoms with Gasteiger partial charge in [-0.1, -0.05) is 35.9 Å². The molecule has 0 bridgehead atoms. The third kappa shape index (κ3) is 4.31. The molecule has 0 amide bonds. The van der Waals surface area contributed by atoms with Gasteiger partial charge in [0.15, 0.2) is 0 Å². The number of benzene rings is 2. The maximum absolute atomic E-state index is 11.5. The van der Waals surface area contributed by atoms with Crippen LogP contribution >= 0.6 is 11.6 Å². The zero-order valence-electron chi connectivity index (χ0n) is 12.1. The van der Waals surface area contributed by atoms with Crippen molar-refractivity contribution in [2.45, 2.75) is 19.5 Å². The Balaban J connectivity index is 1.99. The molecule has 2 rings (SSSR count). The Morgan fingerprint density at radius 3 is 2.62 bits per heavy atom. The number of rotatable bonds is 5. The van der Waals surface area contributed by atoms with Crippen LogP contribution < -0.4 is 5.32 Å². The fourth-order valence-corrected chi connectivity index (χ4v) is 2.19. The molecule has 0 unspecified atom stereocenters. The minimum Gasteiger partial charge on any atom is -0.465 e. The Morgan fingerprint density at radius 1 is 1.24 bits per heavy atom. The van der Waals surface area contributed by atoms with Crippen molar-refractivity contribution < 1.29 is 9.53 Å². The van der Waals surface area contributed by atoms with Crippen molar-refractivity contribution in [3.05, 3.63) is 70.2 Å². The summed E-state index contributed by atoms with van der Waals surface area (Å²) in [5, 5.41) is 4.16. The van der Waals surface area contributed by atoms with Crippen LogP contribution in [-0.2, 0) is 11.3 Å². The Kier molecular flexibility index (Phi) is 5.37. The third-order valence-electron chi connectivity index (χ3n) is 3.33. The average Bonchev–Trinajstić information content (AvgIpc) is 2.52. The van der Waals surface area contributed by atoms with E-state index in [1.54, 1.807) is 6.07 Å². The highest BCUT2D eigenvalue weighted by atomic mass is 35.5. The molecular weight excluding hydrogens is 286 g/mol. The predicted octanol–water partition coefficient (Wildman–Crippen LogP) is 3.98. The van der Waals surface area contributed by atoms with Crippen molar-refractivity contribution in [1.82, 2.24) is 5.32 Å². The Bertz CT molecular complexity index is 610. The molecule has 0 aliphatic rings. The third-order valence-corrected chi connectivity index (χ3v) is 3.58. The van der Waals surface area contributed by atoms with E-state index in [-0.39, 0.29) is 12.0 Å². The number of hydrogen-bond acceptors (Lipinski definition) is 3. The van der Waals surface area contributed by atoms with Crippen LogP contribution in [0.1, 0.15) is 34.5 Å². The van der Waals surface area contributed by atoms with Gasteiger partial charge in [0.25, 0.3) is 0 Å². The highest BCUT2D eigenvalue weighted by Gasteiger charge is 2.07. The van der Waals surface area contributed by atoms with Crippen molar-refractivity contribution in [1.29, 1.82) is 0 Å². The minimum absolute atomic E-state index is 0.198. The second-order valence-corrected chi connectivity index (χ2v) is 5.28. The zero-order valence-corrected chi connectivity index (χ0v) is 12.9. The van der Waals surface area contributed by atoms with Gasteiger partial charge in [0.05, 0.1) is 12.7 Å². The van der Waals surface area contributed by atoms with Gasteiger partial charge in [-0.15, -0.1) is 0 Å². The van der Waals surface area contributed by atoms with E-state index in [9.17, 15) is 4.79 Å². The van der Waals surface area contributed by atoms with E-state index >= 15 is 0 Å². The molecule has 2 aromatic rings. The minimum atomic E-state index is -0.317. The van der Waals surface area contributed by atoms with Gasteiger partial charge in [0.2, 0.25) is 0 Å². The van der Waals surface area contributed by atoms with Crippen molar-refractivity contribution >= 4 is 17.6 Å². The lowest BCUT2D eigenvalue weighted by Gasteiger charge is -2.14. The molecule has 0 radical (unpaired) electrons. The van der Waals surface area contributed by atoms with Crippen molar-refractivity contribution in [3.63, 3.8) is 0 Å². The summed E-state index contributed by atoms with van der Waals surface area (Å²) in [5.41, 5.74) is 2.78. The van der Waals surface area contributed by atoms with E-state index in [2.05, 4.69) is 12.2 Å². The van der Waals surface area contributed by atoms with E-state index in [0.717, 1.165) is 10.6 Å². The first kappa shape index (κ1) is 15.5. The maximum atomic E-state index is 11.5. The second-order valence-electron chi connectivity index (χ2n) is 4.85. The van der Waals surface area contributed by atoms with Crippen molar-refractivity contribution in [3.8, 4) is 0 Å². The molecule has 1 N–H and O–H groups in total. The van der Waals surface area contributed by atoms with Gasteiger partial charge in [-0.05, 0) is 42.3 Å². The van der Waals surface area contributed by atoms with E-state index in [4.69, 9.17) is 16.3 Å². The van der Waals surface area contributed by atoms with Crippen molar-refractivity contribution in [2.24, 2.45) is 0 Å². The number of nitrogens with one attached hydrogen (secondary N) is 1. The molecule has 3 nitrogen and oxygen atoms in total. The molecule has 0 fully saturated rings. The number of carbonyl (C=O) groups is 1. The highest BCUT2D eigenvalue weighted by Crippen LogP contribution is 2.17. The number of carbonyl (C=O) groups excluding carboxylic acids is 1. The molecule has 1 atom stereocenters. The Morgan fingerprint density at radius 2 is 1.95 bits per heavy atom. The van der Waals surface area contributed by atoms with E-state index in [1.165, 1.54) is 12.7 Å². The van der Waals surface area contributed by atoms with Gasteiger partial charge in [-0.2, -0.15) is 0 Å². The number of ether oxygens (including phenoxy) is 1. The average molecular weight is 304 g/mol. The molecule has 21 heavy (non-hydrogen) atoms. The van der Waals surface area contributed by atoms with Gasteiger partial charge in [-0.3, -0.25) is 0 Å². The first-order valence-corrected chi connectivity index (χ1v) is 7.14. The zero-order chi connectivity index (χ0) is 15.2. The molecule has 0 aliphatic carbocycles. The SMILES string of the molecule is COC(=O)c1cccc(CN[C@H](C)c2ccc(Cl)cc2)c1. The van der Waals surface area contributed by atoms with Crippen LogP contribution in [0.3, 0.4) is 0 Å². The topological polar surface area (TPSA) is 38.3 Å². The molecule has 0 saturated carbocycles. The van der Waals surface area contributed by atoms with Crippen LogP contribution in [0.4, 0.5) is 0 Å². The Labute approximate surface area is 129 Å². The van der Waals surface area contributed by atoms with Crippen LogP contribution in [-0.4, -0.2) is 13.1 Å². The van der Waals surface area contributed by atoms with Gasteiger partial charge >= 0.3 is 5.97 Å². The molecule has 0 spiro atoms. The van der Waals surface area contributed by atoms with Crippen LogP contribution in [0, 0.1) is 0 Å². The lowest BCUT2D eigenvalue weighted by molar-refractivity contribution is 0.0600. The first-order chi connectivity index (χ1) is 10.1. The largest absolute Gasteiger partial charge is 0.465 e. The van der Waals surface area contributed by atoms with E-state index < -0.39 is 0 Å². The fraction of sp³-hybridized carbons (Fsp3) is 0.235. The summed E-state index contributed by atoms with van der Waals surface area (Å²) in [5.74, 6) is -0.317. The molecule has 0 heterocycles. The summed E-state index contributed by atoms with van der Waals surface area (Å²) in [4.78, 5) is 11.5. The maximum Gasteiger partial charge on any atom is 0.337 e. The van der Waals surface area contributed by atoms with Crippen LogP contribution in [0.2, 0.25) is 5.02 Å². The predicted molar refractivity (Wildman–Crippen MR) is 84.5 cm³/mol. The number of methoxy groups -OCH3 is 1. The Hall–Kier alpha value is -1.84. The van der Waals surface area contributed by atoms with Crippen LogP contribution in [0.15, 0.2) is 48.5 Å². The summed E-state index contributed by atoms with van der Waals surface area (Å²) in [6, 6.07) is 15.4. The fourth-order valence-electron chi connectivity index (χ4n) is 2.07. The van der Waals surface area contributed by atoms with Crippen LogP contribution in [0.5, 0.6) is 0 Å². The van der Waals surface area contributed by atoms with Gasteiger partial charge in [0, 0.05) is 17.6 Å². The molecule has 110 valence electrons. The van der Waals surface area contributed by atoms with Gasteiger partial charge in [-0.25, -0.2) is 4.79 Å². The quantitative estimate of drug-likeness (QED) is 0.849. The molecule has 0 aromatic heterocycles. The smallest absolute Gasteiger partial charge is 0.337 e. The summed E-state index contributed by atoms with van der Waals surface area (Å²) < 4.78 is 4.73. The first-order valence-electron chi connectivity index (χ1n) is 6.76. The molecule has 0 aliphatic heterocycles. The lowest BCUT2D eigenvalue weighted by Crippen LogP contribution is -2.18. The number of halogens is 1.